The smallest absolute Gasteiger partial charge is 0.240 e. The Bertz CT molecular complexity index is 1310. The standard InChI is InChI=1S/C30H26N4O2S2/c35-29(19-33-21-9-1-5-13-25(21)37-26-14-6-2-10-22(26)33)31-17-18-32-30(36)20-34-23-11-3-7-15-27(23)38-28-16-8-4-12-24(28)34/h1-16H,17-20H2,(H,31,35)(H,32,36). The van der Waals surface area contributed by atoms with Crippen LogP contribution in [0.5, 0.6) is 0 Å². The van der Waals surface area contributed by atoms with Crippen molar-refractivity contribution in [3.8, 4) is 0 Å². The molecular weight excluding hydrogens is 512 g/mol. The molecule has 2 aliphatic heterocycles. The molecule has 38 heavy (non-hydrogen) atoms. The van der Waals surface area contributed by atoms with E-state index in [9.17, 15) is 9.59 Å². The number of nitrogens with one attached hydrogen (secondary N) is 2. The molecule has 2 N–H and O–H groups in total. The van der Waals surface area contributed by atoms with Gasteiger partial charge in [0.15, 0.2) is 0 Å². The first-order chi connectivity index (χ1) is 18.7. The minimum atomic E-state index is -0.0911. The average Bonchev–Trinajstić information content (AvgIpc) is 2.95. The molecule has 0 bridgehead atoms. The summed E-state index contributed by atoms with van der Waals surface area (Å²) in [4.78, 5) is 34.4. The molecule has 6 nitrogen and oxygen atoms in total. The number of para-hydroxylation sites is 4. The summed E-state index contributed by atoms with van der Waals surface area (Å²) in [6.45, 7) is 1.14. The van der Waals surface area contributed by atoms with Crippen LogP contribution in [-0.4, -0.2) is 38.0 Å². The van der Waals surface area contributed by atoms with Gasteiger partial charge in [-0.3, -0.25) is 9.59 Å². The Kier molecular flexibility index (Phi) is 6.98. The predicted molar refractivity (Wildman–Crippen MR) is 154 cm³/mol. The molecule has 8 heteroatoms. The van der Waals surface area contributed by atoms with Gasteiger partial charge in [-0.1, -0.05) is 72.1 Å². The van der Waals surface area contributed by atoms with E-state index in [4.69, 9.17) is 0 Å². The first-order valence-electron chi connectivity index (χ1n) is 12.5. The number of benzene rings is 4. The Balaban J connectivity index is 1.05. The molecule has 0 fully saturated rings. The maximum Gasteiger partial charge on any atom is 0.240 e. The molecule has 0 saturated heterocycles. The Hall–Kier alpha value is -3.88. The van der Waals surface area contributed by atoms with Crippen LogP contribution >= 0.6 is 23.5 Å². The molecular formula is C30H26N4O2S2. The van der Waals surface area contributed by atoms with Crippen molar-refractivity contribution >= 4 is 58.1 Å². The van der Waals surface area contributed by atoms with Crippen molar-refractivity contribution in [1.82, 2.24) is 10.6 Å². The van der Waals surface area contributed by atoms with Gasteiger partial charge in [-0.05, 0) is 48.5 Å². The highest BCUT2D eigenvalue weighted by molar-refractivity contribution is 8.00. The molecule has 2 amide bonds. The maximum absolute atomic E-state index is 12.9. The predicted octanol–water partition coefficient (Wildman–Crippen LogP) is 5.82. The summed E-state index contributed by atoms with van der Waals surface area (Å²) in [6, 6.07) is 32.5. The highest BCUT2D eigenvalue weighted by Crippen LogP contribution is 2.48. The first-order valence-corrected chi connectivity index (χ1v) is 14.1. The molecule has 0 aliphatic carbocycles. The van der Waals surface area contributed by atoms with Crippen LogP contribution in [0.4, 0.5) is 22.7 Å². The van der Waals surface area contributed by atoms with Crippen LogP contribution < -0.4 is 20.4 Å². The zero-order chi connectivity index (χ0) is 25.9. The Labute approximate surface area is 230 Å². The second-order valence-electron chi connectivity index (χ2n) is 8.95. The van der Waals surface area contributed by atoms with Gasteiger partial charge in [-0.25, -0.2) is 0 Å². The topological polar surface area (TPSA) is 64.7 Å². The van der Waals surface area contributed by atoms with E-state index < -0.39 is 0 Å². The van der Waals surface area contributed by atoms with Gasteiger partial charge in [0.25, 0.3) is 0 Å². The van der Waals surface area contributed by atoms with Crippen molar-refractivity contribution in [2.24, 2.45) is 0 Å². The minimum Gasteiger partial charge on any atom is -0.353 e. The van der Waals surface area contributed by atoms with Crippen molar-refractivity contribution in [3.63, 3.8) is 0 Å². The third-order valence-corrected chi connectivity index (χ3v) is 8.70. The molecule has 4 aromatic carbocycles. The van der Waals surface area contributed by atoms with E-state index in [2.05, 4.69) is 44.7 Å². The summed E-state index contributed by atoms with van der Waals surface area (Å²) in [6.07, 6.45) is 0. The van der Waals surface area contributed by atoms with Crippen molar-refractivity contribution in [1.29, 1.82) is 0 Å². The number of rotatable bonds is 7. The van der Waals surface area contributed by atoms with Gasteiger partial charge in [0, 0.05) is 32.7 Å². The normalized spacial score (nSPS) is 13.1. The van der Waals surface area contributed by atoms with Crippen LogP contribution in [0.15, 0.2) is 117 Å². The number of amides is 2. The summed E-state index contributed by atoms with van der Waals surface area (Å²) >= 11 is 3.44. The van der Waals surface area contributed by atoms with Gasteiger partial charge in [-0.2, -0.15) is 0 Å². The molecule has 0 aromatic heterocycles. The SMILES string of the molecule is O=C(CN1c2ccccc2Sc2ccccc21)NCCNC(=O)CN1c2ccccc2Sc2ccccc21. The van der Waals surface area contributed by atoms with Gasteiger partial charge < -0.3 is 20.4 Å². The molecule has 6 rings (SSSR count). The molecule has 0 unspecified atom stereocenters. The Morgan fingerprint density at radius 3 is 1.11 bits per heavy atom. The van der Waals surface area contributed by atoms with Crippen LogP contribution in [0.25, 0.3) is 0 Å². The zero-order valence-corrected chi connectivity index (χ0v) is 22.2. The van der Waals surface area contributed by atoms with Crippen LogP contribution in [0, 0.1) is 0 Å². The number of anilines is 4. The number of carbonyl (C=O) groups excluding carboxylic acids is 2. The van der Waals surface area contributed by atoms with E-state index in [0.29, 0.717) is 13.1 Å². The maximum atomic E-state index is 12.9. The summed E-state index contributed by atoms with van der Waals surface area (Å²) in [5.74, 6) is -0.182. The number of carbonyl (C=O) groups is 2. The van der Waals surface area contributed by atoms with Gasteiger partial charge in [-0.15, -0.1) is 0 Å². The summed E-state index contributed by atoms with van der Waals surface area (Å²) in [7, 11) is 0. The van der Waals surface area contributed by atoms with Crippen LogP contribution in [0.3, 0.4) is 0 Å². The van der Waals surface area contributed by atoms with Crippen LogP contribution in [0.2, 0.25) is 0 Å². The quantitative estimate of drug-likeness (QED) is 0.289. The van der Waals surface area contributed by atoms with Crippen molar-refractivity contribution < 1.29 is 9.59 Å². The van der Waals surface area contributed by atoms with Gasteiger partial charge in [0.1, 0.15) is 13.1 Å². The highest BCUT2D eigenvalue weighted by atomic mass is 32.2. The Morgan fingerprint density at radius 1 is 0.500 bits per heavy atom. The van der Waals surface area contributed by atoms with Gasteiger partial charge in [0.2, 0.25) is 11.8 Å². The molecule has 190 valence electrons. The molecule has 0 radical (unpaired) electrons. The zero-order valence-electron chi connectivity index (χ0n) is 20.6. The van der Waals surface area contributed by atoms with Gasteiger partial charge >= 0.3 is 0 Å². The van der Waals surface area contributed by atoms with Gasteiger partial charge in [0.05, 0.1) is 22.7 Å². The second-order valence-corrected chi connectivity index (χ2v) is 11.1. The fourth-order valence-electron chi connectivity index (χ4n) is 4.71. The third-order valence-electron chi connectivity index (χ3n) is 6.44. The second kappa shape index (κ2) is 10.8. The third kappa shape index (κ3) is 4.97. The first kappa shape index (κ1) is 24.5. The van der Waals surface area contributed by atoms with E-state index >= 15 is 0 Å². The minimum absolute atomic E-state index is 0.0911. The molecule has 2 aliphatic rings. The van der Waals surface area contributed by atoms with E-state index in [1.54, 1.807) is 23.5 Å². The van der Waals surface area contributed by atoms with Crippen molar-refractivity contribution in [3.05, 3.63) is 97.1 Å². The number of fused-ring (bicyclic) bond motifs is 4. The molecule has 2 heterocycles. The van der Waals surface area contributed by atoms with Crippen molar-refractivity contribution in [2.75, 3.05) is 36.0 Å². The fraction of sp³-hybridized carbons (Fsp3) is 0.133. The molecule has 4 aromatic rings. The van der Waals surface area contributed by atoms with E-state index in [0.717, 1.165) is 42.3 Å². The van der Waals surface area contributed by atoms with Crippen molar-refractivity contribution in [2.45, 2.75) is 19.6 Å². The number of hydrogen-bond donors (Lipinski definition) is 2. The van der Waals surface area contributed by atoms with Crippen LogP contribution in [-0.2, 0) is 9.59 Å². The Morgan fingerprint density at radius 2 is 0.789 bits per heavy atom. The summed E-state index contributed by atoms with van der Waals surface area (Å²) < 4.78 is 0. The highest BCUT2D eigenvalue weighted by Gasteiger charge is 2.26. The number of nitrogens with zero attached hydrogens (tertiary/aromatic N) is 2. The summed E-state index contributed by atoms with van der Waals surface area (Å²) in [5.41, 5.74) is 4.11. The monoisotopic (exact) mass is 538 g/mol. The lowest BCUT2D eigenvalue weighted by molar-refractivity contribution is -0.121. The van der Waals surface area contributed by atoms with E-state index in [-0.39, 0.29) is 24.9 Å². The molecule has 0 atom stereocenters. The van der Waals surface area contributed by atoms with Crippen LogP contribution in [0.1, 0.15) is 0 Å². The summed E-state index contributed by atoms with van der Waals surface area (Å²) in [5, 5.41) is 5.93. The lowest BCUT2D eigenvalue weighted by atomic mass is 10.2. The lowest BCUT2D eigenvalue weighted by Crippen LogP contribution is -2.42. The lowest BCUT2D eigenvalue weighted by Gasteiger charge is -2.32. The van der Waals surface area contributed by atoms with E-state index in [1.165, 1.54) is 0 Å². The molecule has 0 saturated carbocycles. The average molecular weight is 539 g/mol. The fourth-order valence-corrected chi connectivity index (χ4v) is 6.90. The van der Waals surface area contributed by atoms with E-state index in [1.807, 2.05) is 72.8 Å². The molecule has 0 spiro atoms. The largest absolute Gasteiger partial charge is 0.353 e. The number of hydrogen-bond acceptors (Lipinski definition) is 6.